The quantitative estimate of drug-likeness (QED) is 0.764. The number of carbonyl (C=O) groups excluding carboxylic acids is 1. The van der Waals surface area contributed by atoms with Crippen molar-refractivity contribution in [1.29, 1.82) is 0 Å². The topological polar surface area (TPSA) is 66.4 Å². The highest BCUT2D eigenvalue weighted by molar-refractivity contribution is 5.91. The van der Waals surface area contributed by atoms with E-state index in [1.54, 1.807) is 0 Å². The molecule has 0 aliphatic carbocycles. The molecule has 2 N–H and O–H groups in total. The van der Waals surface area contributed by atoms with E-state index in [1.165, 1.54) is 0 Å². The number of nitrogens with one attached hydrogen (secondary N) is 1. The van der Waals surface area contributed by atoms with Crippen LogP contribution in [0.1, 0.15) is 45.1 Å². The summed E-state index contributed by atoms with van der Waals surface area (Å²) in [4.78, 5) is 23.1. The second-order valence-corrected chi connectivity index (χ2v) is 5.91. The molecule has 0 bridgehead atoms. The minimum Gasteiger partial charge on any atom is -0.481 e. The van der Waals surface area contributed by atoms with Gasteiger partial charge >= 0.3 is 5.97 Å². The third-order valence-electron chi connectivity index (χ3n) is 3.58. The molecule has 0 saturated heterocycles. The number of benzene rings is 1. The van der Waals surface area contributed by atoms with Gasteiger partial charge in [0.1, 0.15) is 0 Å². The van der Waals surface area contributed by atoms with Crippen molar-refractivity contribution in [2.24, 2.45) is 11.8 Å². The van der Waals surface area contributed by atoms with Gasteiger partial charge in [0.2, 0.25) is 5.91 Å². The van der Waals surface area contributed by atoms with E-state index in [2.05, 4.69) is 19.2 Å². The van der Waals surface area contributed by atoms with Crippen LogP contribution in [0, 0.1) is 18.8 Å². The van der Waals surface area contributed by atoms with Gasteiger partial charge in [-0.05, 0) is 37.3 Å². The minimum atomic E-state index is -0.806. The molecule has 1 rings (SSSR count). The van der Waals surface area contributed by atoms with Gasteiger partial charge in [0, 0.05) is 12.1 Å². The molecule has 0 unspecified atom stereocenters. The molecule has 0 aromatic heterocycles. The largest absolute Gasteiger partial charge is 0.481 e. The summed E-state index contributed by atoms with van der Waals surface area (Å²) in [5, 5.41) is 12.0. The van der Waals surface area contributed by atoms with Crippen molar-refractivity contribution in [2.45, 2.75) is 46.5 Å². The Morgan fingerprint density at radius 3 is 2.38 bits per heavy atom. The number of rotatable bonds is 8. The van der Waals surface area contributed by atoms with Gasteiger partial charge in [0.25, 0.3) is 0 Å². The number of aryl methyl sites for hydroxylation is 1. The molecule has 4 nitrogen and oxygen atoms in total. The van der Waals surface area contributed by atoms with Crippen molar-refractivity contribution >= 4 is 17.6 Å². The summed E-state index contributed by atoms with van der Waals surface area (Å²) < 4.78 is 0. The van der Waals surface area contributed by atoms with Crippen molar-refractivity contribution in [2.75, 3.05) is 5.32 Å². The monoisotopic (exact) mass is 291 g/mol. The molecule has 0 radical (unpaired) electrons. The maximum atomic E-state index is 11.9. The maximum Gasteiger partial charge on any atom is 0.306 e. The predicted molar refractivity (Wildman–Crippen MR) is 84.2 cm³/mol. The van der Waals surface area contributed by atoms with E-state index in [1.807, 2.05) is 31.2 Å². The van der Waals surface area contributed by atoms with Gasteiger partial charge < -0.3 is 10.4 Å². The Bertz CT molecular complexity index is 483. The maximum absolute atomic E-state index is 11.9. The van der Waals surface area contributed by atoms with E-state index in [0.717, 1.165) is 17.7 Å². The van der Waals surface area contributed by atoms with Crippen LogP contribution >= 0.6 is 0 Å². The molecule has 0 heterocycles. The lowest BCUT2D eigenvalue weighted by Crippen LogP contribution is -2.19. The summed E-state index contributed by atoms with van der Waals surface area (Å²) in [6, 6.07) is 7.56. The third-order valence-corrected chi connectivity index (χ3v) is 3.58. The van der Waals surface area contributed by atoms with Crippen molar-refractivity contribution in [3.63, 3.8) is 0 Å². The lowest BCUT2D eigenvalue weighted by Gasteiger charge is -2.14. The fourth-order valence-corrected chi connectivity index (χ4v) is 2.16. The molecule has 21 heavy (non-hydrogen) atoms. The fraction of sp³-hybridized carbons (Fsp3) is 0.529. The first-order chi connectivity index (χ1) is 9.90. The van der Waals surface area contributed by atoms with Crippen LogP contribution in [0.3, 0.4) is 0 Å². The highest BCUT2D eigenvalue weighted by atomic mass is 16.4. The first kappa shape index (κ1) is 17.2. The number of carboxylic acids is 1. The van der Waals surface area contributed by atoms with Crippen LogP contribution in [0.5, 0.6) is 0 Å². The Balaban J connectivity index is 2.46. The summed E-state index contributed by atoms with van der Waals surface area (Å²) in [7, 11) is 0. The third kappa shape index (κ3) is 6.43. The number of hydrogen-bond acceptors (Lipinski definition) is 2. The van der Waals surface area contributed by atoms with E-state index < -0.39 is 11.9 Å². The molecular formula is C17H25NO3. The van der Waals surface area contributed by atoms with Gasteiger partial charge in [-0.25, -0.2) is 0 Å². The zero-order valence-corrected chi connectivity index (χ0v) is 13.1. The number of carbonyl (C=O) groups is 2. The van der Waals surface area contributed by atoms with Crippen LogP contribution in [0.15, 0.2) is 24.3 Å². The van der Waals surface area contributed by atoms with E-state index >= 15 is 0 Å². The number of aliphatic carboxylic acids is 1. The first-order valence-electron chi connectivity index (χ1n) is 7.48. The number of anilines is 1. The molecule has 1 amide bonds. The van der Waals surface area contributed by atoms with E-state index in [0.29, 0.717) is 18.8 Å². The van der Waals surface area contributed by atoms with Crippen LogP contribution in [0.4, 0.5) is 5.69 Å². The van der Waals surface area contributed by atoms with Crippen molar-refractivity contribution in [3.05, 3.63) is 29.8 Å². The Hall–Kier alpha value is -1.84. The predicted octanol–water partition coefficient (Wildman–Crippen LogP) is 3.85. The first-order valence-corrected chi connectivity index (χ1v) is 7.48. The number of amides is 1. The molecule has 4 heteroatoms. The highest BCUT2D eigenvalue weighted by Gasteiger charge is 2.19. The van der Waals surface area contributed by atoms with E-state index in [4.69, 9.17) is 0 Å². The van der Waals surface area contributed by atoms with E-state index in [-0.39, 0.29) is 12.3 Å². The molecule has 1 atom stereocenters. The number of para-hydroxylation sites is 1. The minimum absolute atomic E-state index is 0.125. The second kappa shape index (κ2) is 8.45. The molecule has 1 aromatic rings. The van der Waals surface area contributed by atoms with Gasteiger partial charge in [-0.2, -0.15) is 0 Å². The Morgan fingerprint density at radius 1 is 1.14 bits per heavy atom. The lowest BCUT2D eigenvalue weighted by atomic mass is 9.94. The summed E-state index contributed by atoms with van der Waals surface area (Å²) in [6.45, 7) is 6.08. The second-order valence-electron chi connectivity index (χ2n) is 5.91. The molecular weight excluding hydrogens is 266 g/mol. The summed E-state index contributed by atoms with van der Waals surface area (Å²) in [6.07, 6.45) is 2.13. The van der Waals surface area contributed by atoms with Gasteiger partial charge in [-0.3, -0.25) is 9.59 Å². The standard InChI is InChI=1S/C17H25NO3/c1-12(2)8-9-14(17(20)21)10-11-16(19)18-15-7-5-4-6-13(15)3/h4-7,12,14H,8-11H2,1-3H3,(H,18,19)(H,20,21)/t14-/m0/s1. The van der Waals surface area contributed by atoms with Gasteiger partial charge in [-0.1, -0.05) is 38.5 Å². The highest BCUT2D eigenvalue weighted by Crippen LogP contribution is 2.19. The Labute approximate surface area is 126 Å². The van der Waals surface area contributed by atoms with Crippen molar-refractivity contribution < 1.29 is 14.7 Å². The Morgan fingerprint density at radius 2 is 1.81 bits per heavy atom. The number of hydrogen-bond donors (Lipinski definition) is 2. The lowest BCUT2D eigenvalue weighted by molar-refractivity contribution is -0.142. The zero-order chi connectivity index (χ0) is 15.8. The molecule has 0 spiro atoms. The summed E-state index contributed by atoms with van der Waals surface area (Å²) in [5.74, 6) is -0.887. The van der Waals surface area contributed by atoms with E-state index in [9.17, 15) is 14.7 Å². The molecule has 0 fully saturated rings. The normalized spacial score (nSPS) is 12.2. The van der Waals surface area contributed by atoms with Crippen LogP contribution in [0.25, 0.3) is 0 Å². The SMILES string of the molecule is Cc1ccccc1NC(=O)CC[C@H](CCC(C)C)C(=O)O. The van der Waals surface area contributed by atoms with Crippen LogP contribution < -0.4 is 5.32 Å². The van der Waals surface area contributed by atoms with Crippen LogP contribution in [0.2, 0.25) is 0 Å². The summed E-state index contributed by atoms with van der Waals surface area (Å²) in [5.41, 5.74) is 1.79. The van der Waals surface area contributed by atoms with Crippen LogP contribution in [-0.4, -0.2) is 17.0 Å². The van der Waals surface area contributed by atoms with Gasteiger partial charge in [0.05, 0.1) is 5.92 Å². The number of carboxylic acid groups (broad SMARTS) is 1. The van der Waals surface area contributed by atoms with Crippen molar-refractivity contribution in [1.82, 2.24) is 0 Å². The smallest absolute Gasteiger partial charge is 0.306 e. The van der Waals surface area contributed by atoms with Crippen molar-refractivity contribution in [3.8, 4) is 0 Å². The van der Waals surface area contributed by atoms with Crippen LogP contribution in [-0.2, 0) is 9.59 Å². The summed E-state index contributed by atoms with van der Waals surface area (Å²) >= 11 is 0. The Kier molecular flexibility index (Phi) is 6.92. The molecule has 116 valence electrons. The molecule has 1 aromatic carbocycles. The molecule has 0 saturated carbocycles. The zero-order valence-electron chi connectivity index (χ0n) is 13.1. The fourth-order valence-electron chi connectivity index (χ4n) is 2.16. The average molecular weight is 291 g/mol. The average Bonchev–Trinajstić information content (AvgIpc) is 2.40. The molecule has 0 aliphatic rings. The molecule has 0 aliphatic heterocycles. The van der Waals surface area contributed by atoms with Gasteiger partial charge in [0.15, 0.2) is 0 Å². The van der Waals surface area contributed by atoms with Gasteiger partial charge in [-0.15, -0.1) is 0 Å².